The van der Waals surface area contributed by atoms with Crippen molar-refractivity contribution in [2.75, 3.05) is 13.6 Å². The summed E-state index contributed by atoms with van der Waals surface area (Å²) in [5.74, 6) is -0.911. The van der Waals surface area contributed by atoms with Crippen LogP contribution in [0.2, 0.25) is 0 Å². The zero-order valence-electron chi connectivity index (χ0n) is 8.73. The van der Waals surface area contributed by atoms with Gasteiger partial charge in [0.1, 0.15) is 12.4 Å². The molecule has 0 bridgehead atoms. The topological polar surface area (TPSA) is 102 Å². The van der Waals surface area contributed by atoms with Crippen LogP contribution >= 0.6 is 0 Å². The van der Waals surface area contributed by atoms with Gasteiger partial charge in [0, 0.05) is 19.4 Å². The summed E-state index contributed by atoms with van der Waals surface area (Å²) in [6, 6.07) is 1.72. The van der Waals surface area contributed by atoms with E-state index in [1.165, 1.54) is 11.9 Å². The van der Waals surface area contributed by atoms with Crippen LogP contribution < -0.4 is 5.32 Å². The van der Waals surface area contributed by atoms with Crippen LogP contribution in [0.3, 0.4) is 0 Å². The predicted octanol–water partition coefficient (Wildman–Crippen LogP) is -0.992. The molecule has 1 heterocycles. The number of nitriles is 1. The Bertz CT molecular complexity index is 406. The second kappa shape index (κ2) is 5.50. The Morgan fingerprint density at radius 2 is 2.44 bits per heavy atom. The molecule has 0 saturated carbocycles. The van der Waals surface area contributed by atoms with E-state index in [4.69, 9.17) is 5.26 Å². The molecule has 2 amide bonds. The first kappa shape index (κ1) is 11.7. The number of aromatic nitrogens is 2. The summed E-state index contributed by atoms with van der Waals surface area (Å²) in [5.41, 5.74) is 0. The number of nitrogens with one attached hydrogen (secondary N) is 2. The highest BCUT2D eigenvalue weighted by Crippen LogP contribution is 1.95. The van der Waals surface area contributed by atoms with Gasteiger partial charge in [0.05, 0.1) is 12.6 Å². The SMILES string of the molecule is CN(Cc1ncc[nH]1)C(=O)C(=O)NCC#N. The molecular formula is C9H11N5O2. The van der Waals surface area contributed by atoms with Crippen molar-refractivity contribution >= 4 is 11.8 Å². The molecule has 0 atom stereocenters. The van der Waals surface area contributed by atoms with Crippen LogP contribution in [0, 0.1) is 11.3 Å². The van der Waals surface area contributed by atoms with E-state index >= 15 is 0 Å². The Hall–Kier alpha value is -2.36. The number of H-pyrrole nitrogens is 1. The quantitative estimate of drug-likeness (QED) is 0.505. The zero-order chi connectivity index (χ0) is 12.0. The second-order valence-electron chi connectivity index (χ2n) is 3.04. The molecule has 0 fully saturated rings. The average molecular weight is 221 g/mol. The van der Waals surface area contributed by atoms with Gasteiger partial charge in [0.25, 0.3) is 0 Å². The maximum Gasteiger partial charge on any atom is 0.312 e. The van der Waals surface area contributed by atoms with E-state index in [2.05, 4.69) is 15.3 Å². The highest BCUT2D eigenvalue weighted by Gasteiger charge is 2.18. The van der Waals surface area contributed by atoms with Gasteiger partial charge in [-0.3, -0.25) is 9.59 Å². The third-order valence-corrected chi connectivity index (χ3v) is 1.81. The number of hydrogen-bond donors (Lipinski definition) is 2. The van der Waals surface area contributed by atoms with Crippen LogP contribution in [0.4, 0.5) is 0 Å². The summed E-state index contributed by atoms with van der Waals surface area (Å²) in [4.78, 5) is 30.6. The summed E-state index contributed by atoms with van der Waals surface area (Å²) >= 11 is 0. The minimum Gasteiger partial charge on any atom is -0.347 e. The van der Waals surface area contributed by atoms with Crippen molar-refractivity contribution in [2.45, 2.75) is 6.54 Å². The van der Waals surface area contributed by atoms with Crippen molar-refractivity contribution < 1.29 is 9.59 Å². The molecule has 2 N–H and O–H groups in total. The maximum atomic E-state index is 11.4. The fraction of sp³-hybridized carbons (Fsp3) is 0.333. The minimum atomic E-state index is -0.796. The lowest BCUT2D eigenvalue weighted by atomic mass is 10.4. The molecule has 0 aliphatic carbocycles. The van der Waals surface area contributed by atoms with Gasteiger partial charge in [-0.05, 0) is 0 Å². The molecule has 1 aromatic rings. The lowest BCUT2D eigenvalue weighted by molar-refractivity contribution is -0.145. The van der Waals surface area contributed by atoms with Gasteiger partial charge in [-0.25, -0.2) is 4.98 Å². The van der Waals surface area contributed by atoms with E-state index in [9.17, 15) is 9.59 Å². The monoisotopic (exact) mass is 221 g/mol. The van der Waals surface area contributed by atoms with Crippen molar-refractivity contribution in [3.05, 3.63) is 18.2 Å². The van der Waals surface area contributed by atoms with Gasteiger partial charge in [-0.2, -0.15) is 5.26 Å². The molecule has 0 aromatic carbocycles. The van der Waals surface area contributed by atoms with Crippen molar-refractivity contribution in [2.24, 2.45) is 0 Å². The molecular weight excluding hydrogens is 210 g/mol. The molecule has 0 saturated heterocycles. The van der Waals surface area contributed by atoms with Crippen LogP contribution in [0.25, 0.3) is 0 Å². The maximum absolute atomic E-state index is 11.4. The standard InChI is InChI=1S/C9H11N5O2/c1-14(6-7-11-4-5-12-7)9(16)8(15)13-3-2-10/h4-5H,3,6H2,1H3,(H,11,12)(H,13,15). The largest absolute Gasteiger partial charge is 0.347 e. The molecule has 7 nitrogen and oxygen atoms in total. The first-order chi connectivity index (χ1) is 7.65. The molecule has 1 rings (SSSR count). The van der Waals surface area contributed by atoms with Gasteiger partial charge >= 0.3 is 11.8 Å². The first-order valence-corrected chi connectivity index (χ1v) is 4.53. The number of aromatic amines is 1. The average Bonchev–Trinajstić information content (AvgIpc) is 2.77. The van der Waals surface area contributed by atoms with E-state index < -0.39 is 11.8 Å². The normalized spacial score (nSPS) is 9.25. The van der Waals surface area contributed by atoms with Crippen LogP contribution in [0.15, 0.2) is 12.4 Å². The fourth-order valence-corrected chi connectivity index (χ4v) is 1.05. The number of imidazole rings is 1. The number of nitrogens with zero attached hydrogens (tertiary/aromatic N) is 3. The Balaban J connectivity index is 2.48. The minimum absolute atomic E-state index is 0.181. The summed E-state index contributed by atoms with van der Waals surface area (Å²) in [7, 11) is 1.48. The van der Waals surface area contributed by atoms with E-state index in [0.717, 1.165) is 0 Å². The number of carbonyl (C=O) groups is 2. The lowest BCUT2D eigenvalue weighted by Gasteiger charge is -2.14. The summed E-state index contributed by atoms with van der Waals surface area (Å²) in [5, 5.41) is 10.4. The van der Waals surface area contributed by atoms with E-state index in [1.807, 2.05) is 0 Å². The molecule has 0 aliphatic heterocycles. The molecule has 16 heavy (non-hydrogen) atoms. The van der Waals surface area contributed by atoms with Gasteiger partial charge < -0.3 is 15.2 Å². The fourth-order valence-electron chi connectivity index (χ4n) is 1.05. The van der Waals surface area contributed by atoms with E-state index in [1.54, 1.807) is 18.5 Å². The molecule has 0 unspecified atom stereocenters. The Morgan fingerprint density at radius 3 is 3.00 bits per heavy atom. The number of rotatable bonds is 3. The van der Waals surface area contributed by atoms with Gasteiger partial charge in [-0.15, -0.1) is 0 Å². The highest BCUT2D eigenvalue weighted by molar-refractivity contribution is 6.34. The third-order valence-electron chi connectivity index (χ3n) is 1.81. The van der Waals surface area contributed by atoms with E-state index in [0.29, 0.717) is 5.82 Å². The predicted molar refractivity (Wildman–Crippen MR) is 53.7 cm³/mol. The molecule has 0 aliphatic rings. The molecule has 84 valence electrons. The Labute approximate surface area is 92.1 Å². The van der Waals surface area contributed by atoms with Crippen LogP contribution in [-0.4, -0.2) is 40.3 Å². The molecule has 1 aromatic heterocycles. The number of hydrogen-bond acceptors (Lipinski definition) is 4. The van der Waals surface area contributed by atoms with Gasteiger partial charge in [0.15, 0.2) is 0 Å². The van der Waals surface area contributed by atoms with Gasteiger partial charge in [0.2, 0.25) is 0 Å². The lowest BCUT2D eigenvalue weighted by Crippen LogP contribution is -2.40. The van der Waals surface area contributed by atoms with Crippen molar-refractivity contribution in [1.82, 2.24) is 20.2 Å². The summed E-state index contributed by atoms with van der Waals surface area (Å²) < 4.78 is 0. The second-order valence-corrected chi connectivity index (χ2v) is 3.04. The highest BCUT2D eigenvalue weighted by atomic mass is 16.2. The van der Waals surface area contributed by atoms with Crippen molar-refractivity contribution in [3.63, 3.8) is 0 Å². The smallest absolute Gasteiger partial charge is 0.312 e. The van der Waals surface area contributed by atoms with Crippen LogP contribution in [-0.2, 0) is 16.1 Å². The first-order valence-electron chi connectivity index (χ1n) is 4.53. The summed E-state index contributed by atoms with van der Waals surface area (Å²) in [6.45, 7) is 0.0327. The van der Waals surface area contributed by atoms with Crippen LogP contribution in [0.1, 0.15) is 5.82 Å². The molecule has 0 spiro atoms. The van der Waals surface area contributed by atoms with Crippen LogP contribution in [0.5, 0.6) is 0 Å². The third kappa shape index (κ3) is 3.09. The Kier molecular flexibility index (Phi) is 4.03. The molecule has 7 heteroatoms. The number of carbonyl (C=O) groups excluding carboxylic acids is 2. The van der Waals surface area contributed by atoms with Crippen molar-refractivity contribution in [3.8, 4) is 6.07 Å². The zero-order valence-corrected chi connectivity index (χ0v) is 8.73. The van der Waals surface area contributed by atoms with Crippen molar-refractivity contribution in [1.29, 1.82) is 5.26 Å². The Morgan fingerprint density at radius 1 is 1.69 bits per heavy atom. The van der Waals surface area contributed by atoms with Gasteiger partial charge in [-0.1, -0.05) is 0 Å². The number of amides is 2. The summed E-state index contributed by atoms with van der Waals surface area (Å²) in [6.07, 6.45) is 3.19. The molecule has 0 radical (unpaired) electrons. The van der Waals surface area contributed by atoms with E-state index in [-0.39, 0.29) is 13.1 Å². The number of likely N-dealkylation sites (N-methyl/N-ethyl adjacent to an activating group) is 1.